The lowest BCUT2D eigenvalue weighted by Gasteiger charge is -2.42. The van der Waals surface area contributed by atoms with Crippen LogP contribution in [0.5, 0.6) is 6.01 Å². The topological polar surface area (TPSA) is 104 Å². The molecule has 194 valence electrons. The molecule has 6 rings (SSSR count). The van der Waals surface area contributed by atoms with Gasteiger partial charge >= 0.3 is 12.1 Å². The highest BCUT2D eigenvalue weighted by atomic mass is 35.5. The van der Waals surface area contributed by atoms with E-state index >= 15 is 8.78 Å². The highest BCUT2D eigenvalue weighted by Gasteiger charge is 2.51. The van der Waals surface area contributed by atoms with Crippen molar-refractivity contribution in [1.29, 1.82) is 0 Å². The minimum atomic E-state index is -1.48. The number of rotatable bonds is 5. The average Bonchev–Trinajstić information content (AvgIpc) is 3.47. The summed E-state index contributed by atoms with van der Waals surface area (Å²) in [7, 11) is 0. The molecule has 4 saturated heterocycles. The number of nitrogens with zero attached hydrogens (tertiary/aromatic N) is 5. The first-order chi connectivity index (χ1) is 17.3. The summed E-state index contributed by atoms with van der Waals surface area (Å²) in [5, 5.41) is 11.3. The van der Waals surface area contributed by atoms with Gasteiger partial charge < -0.3 is 20.1 Å². The van der Waals surface area contributed by atoms with E-state index in [4.69, 9.17) is 21.4 Å². The van der Waals surface area contributed by atoms with Crippen LogP contribution >= 0.6 is 11.6 Å². The van der Waals surface area contributed by atoms with Crippen molar-refractivity contribution < 1.29 is 27.8 Å². The highest BCUT2D eigenvalue weighted by Crippen LogP contribution is 2.44. The molecule has 0 spiro atoms. The van der Waals surface area contributed by atoms with Gasteiger partial charge in [0.05, 0.1) is 23.0 Å². The molecule has 0 aliphatic carbocycles. The number of halogens is 4. The summed E-state index contributed by atoms with van der Waals surface area (Å²) in [5.41, 5.74) is -0.540. The molecule has 9 nitrogen and oxygen atoms in total. The van der Waals surface area contributed by atoms with Gasteiger partial charge in [0.2, 0.25) is 0 Å². The fraction of sp³-hybridized carbons (Fsp3) is 0.652. The third-order valence-corrected chi connectivity index (χ3v) is 8.47. The summed E-state index contributed by atoms with van der Waals surface area (Å²) in [6, 6.07) is -1.80. The van der Waals surface area contributed by atoms with Crippen molar-refractivity contribution in [2.45, 2.75) is 74.5 Å². The van der Waals surface area contributed by atoms with Crippen molar-refractivity contribution in [3.8, 4) is 6.01 Å². The molecule has 6 heterocycles. The predicted octanol–water partition coefficient (Wildman–Crippen LogP) is 3.49. The van der Waals surface area contributed by atoms with Crippen LogP contribution in [0.25, 0.3) is 10.9 Å². The Balaban J connectivity index is 1.36. The molecule has 0 aromatic carbocycles. The number of hydrogen-bond acceptors (Lipinski definition) is 7. The van der Waals surface area contributed by atoms with E-state index in [2.05, 4.69) is 25.2 Å². The first kappa shape index (κ1) is 23.8. The van der Waals surface area contributed by atoms with E-state index < -0.39 is 41.9 Å². The highest BCUT2D eigenvalue weighted by molar-refractivity contribution is 6.30. The molecule has 2 aromatic rings. The van der Waals surface area contributed by atoms with E-state index in [0.29, 0.717) is 25.8 Å². The molecule has 6 atom stereocenters. The summed E-state index contributed by atoms with van der Waals surface area (Å²) in [4.78, 5) is 27.8. The van der Waals surface area contributed by atoms with Crippen molar-refractivity contribution in [3.05, 3.63) is 17.2 Å². The summed E-state index contributed by atoms with van der Waals surface area (Å²) >= 11 is 5.93. The number of ether oxygens (including phenoxy) is 1. The summed E-state index contributed by atoms with van der Waals surface area (Å²) in [6.45, 7) is 1.32. The molecule has 1 amide bonds. The fourth-order valence-electron chi connectivity index (χ4n) is 6.68. The molecule has 13 heteroatoms. The number of pyridine rings is 1. The lowest BCUT2D eigenvalue weighted by molar-refractivity contribution is 0.107. The second-order valence-corrected chi connectivity index (χ2v) is 10.6. The number of anilines is 1. The van der Waals surface area contributed by atoms with Crippen LogP contribution in [-0.4, -0.2) is 86.8 Å². The van der Waals surface area contributed by atoms with Gasteiger partial charge in [-0.05, 0) is 38.6 Å². The lowest BCUT2D eigenvalue weighted by atomic mass is 9.95. The Bertz CT molecular complexity index is 1210. The standard InChI is InChI=1S/C23H26ClF3N6O3/c24-19-17(27)18-13(8-28-19)20(33-12-2-3-15(33)16(26)14(6-12)29-22(34)35)31-21(30-18)36-10-23-4-1-5-32(23)9-11(25)7-23/h8,11-12,14-16,29H,1-7,9-10H2,(H,34,35)/t11-,12-,14+,15+,16-,23+/m1/s1. The Kier molecular flexibility index (Phi) is 5.78. The molecule has 2 bridgehead atoms. The van der Waals surface area contributed by atoms with Gasteiger partial charge in [-0.25, -0.2) is 22.9 Å². The summed E-state index contributed by atoms with van der Waals surface area (Å²) in [5.74, 6) is -0.558. The van der Waals surface area contributed by atoms with Crippen molar-refractivity contribution in [3.63, 3.8) is 0 Å². The van der Waals surface area contributed by atoms with Gasteiger partial charge in [0.1, 0.15) is 30.3 Å². The Labute approximate surface area is 210 Å². The van der Waals surface area contributed by atoms with Crippen molar-refractivity contribution in [1.82, 2.24) is 25.2 Å². The SMILES string of the molecule is O=C(O)N[C@H]1C[C@H]2CC[C@@H]([C@@H]1F)N2c1nc(OC[C@@]23CCCN2C[C@H](F)C3)nc2c(F)c(Cl)ncc12. The maximum Gasteiger partial charge on any atom is 0.404 e. The maximum atomic E-state index is 15.4. The number of nitrogens with one attached hydrogen (secondary N) is 1. The molecule has 2 aromatic heterocycles. The summed E-state index contributed by atoms with van der Waals surface area (Å²) in [6.07, 6.45) is 1.12. The third-order valence-electron chi connectivity index (χ3n) is 8.21. The molecule has 2 N–H and O–H groups in total. The minimum absolute atomic E-state index is 0.0915. The van der Waals surface area contributed by atoms with E-state index in [1.165, 1.54) is 6.20 Å². The molecular weight excluding hydrogens is 501 g/mol. The van der Waals surface area contributed by atoms with Crippen LogP contribution in [0.15, 0.2) is 6.20 Å². The largest absolute Gasteiger partial charge is 0.465 e. The van der Waals surface area contributed by atoms with Crippen LogP contribution in [0.4, 0.5) is 23.8 Å². The first-order valence-corrected chi connectivity index (χ1v) is 12.6. The van der Waals surface area contributed by atoms with E-state index in [0.717, 1.165) is 19.4 Å². The molecule has 36 heavy (non-hydrogen) atoms. The number of piperidine rings is 1. The Morgan fingerprint density at radius 1 is 1.33 bits per heavy atom. The summed E-state index contributed by atoms with van der Waals surface area (Å²) < 4.78 is 50.7. The van der Waals surface area contributed by atoms with Gasteiger partial charge in [0, 0.05) is 25.2 Å². The number of fused-ring (bicyclic) bond motifs is 4. The van der Waals surface area contributed by atoms with Gasteiger partial charge in [-0.3, -0.25) is 4.90 Å². The van der Waals surface area contributed by atoms with E-state index in [9.17, 15) is 9.18 Å². The molecular formula is C23H26ClF3N6O3. The zero-order chi connectivity index (χ0) is 25.2. The van der Waals surface area contributed by atoms with Gasteiger partial charge in [-0.1, -0.05) is 11.6 Å². The Morgan fingerprint density at radius 2 is 2.17 bits per heavy atom. The van der Waals surface area contributed by atoms with Crippen molar-refractivity contribution in [2.75, 3.05) is 24.6 Å². The fourth-order valence-corrected chi connectivity index (χ4v) is 6.82. The van der Waals surface area contributed by atoms with Crippen LogP contribution < -0.4 is 15.0 Å². The molecule has 0 unspecified atom stereocenters. The predicted molar refractivity (Wildman–Crippen MR) is 125 cm³/mol. The monoisotopic (exact) mass is 526 g/mol. The quantitative estimate of drug-likeness (QED) is 0.571. The zero-order valence-corrected chi connectivity index (χ0v) is 20.1. The minimum Gasteiger partial charge on any atom is -0.465 e. The van der Waals surface area contributed by atoms with Crippen LogP contribution in [-0.2, 0) is 0 Å². The van der Waals surface area contributed by atoms with Crippen molar-refractivity contribution >= 4 is 34.4 Å². The average molecular weight is 527 g/mol. The Hall–Kier alpha value is -2.60. The lowest BCUT2D eigenvalue weighted by Crippen LogP contribution is -2.58. The number of aromatic nitrogens is 3. The molecule has 0 saturated carbocycles. The van der Waals surface area contributed by atoms with E-state index in [1.54, 1.807) is 4.90 Å². The third kappa shape index (κ3) is 3.80. The second kappa shape index (κ2) is 8.76. The number of hydrogen-bond donors (Lipinski definition) is 2. The Morgan fingerprint density at radius 3 is 2.97 bits per heavy atom. The van der Waals surface area contributed by atoms with Crippen LogP contribution in [0.3, 0.4) is 0 Å². The zero-order valence-electron chi connectivity index (χ0n) is 19.3. The maximum absolute atomic E-state index is 15.4. The molecule has 0 radical (unpaired) electrons. The van der Waals surface area contributed by atoms with Crippen LogP contribution in [0.2, 0.25) is 5.15 Å². The number of carboxylic acid groups (broad SMARTS) is 1. The molecule has 4 fully saturated rings. The van der Waals surface area contributed by atoms with E-state index in [-0.39, 0.29) is 47.0 Å². The van der Waals surface area contributed by atoms with Gasteiger partial charge in [-0.15, -0.1) is 0 Å². The smallest absolute Gasteiger partial charge is 0.404 e. The van der Waals surface area contributed by atoms with Crippen LogP contribution in [0, 0.1) is 5.82 Å². The van der Waals surface area contributed by atoms with Crippen molar-refractivity contribution in [2.24, 2.45) is 0 Å². The first-order valence-electron chi connectivity index (χ1n) is 12.2. The number of carbonyl (C=O) groups is 1. The number of amides is 1. The number of alkyl halides is 2. The van der Waals surface area contributed by atoms with Crippen LogP contribution in [0.1, 0.15) is 38.5 Å². The normalized spacial score (nSPS) is 33.8. The molecule has 4 aliphatic rings. The second-order valence-electron chi connectivity index (χ2n) is 10.3. The van der Waals surface area contributed by atoms with Gasteiger partial charge in [-0.2, -0.15) is 9.97 Å². The van der Waals surface area contributed by atoms with Gasteiger partial charge in [0.15, 0.2) is 11.0 Å². The van der Waals surface area contributed by atoms with E-state index in [1.807, 2.05) is 0 Å². The van der Waals surface area contributed by atoms with Gasteiger partial charge in [0.25, 0.3) is 0 Å². The molecule has 4 aliphatic heterocycles.